The van der Waals surface area contributed by atoms with Crippen molar-refractivity contribution in [1.29, 1.82) is 10.5 Å². The average molecular weight is 359 g/mol. The van der Waals surface area contributed by atoms with Crippen LogP contribution in [-0.4, -0.2) is 18.2 Å². The molecule has 2 aromatic rings. The number of nitrogen functional groups attached to an aromatic ring is 1. The molecule has 0 fully saturated rings. The van der Waals surface area contributed by atoms with E-state index in [1.165, 1.54) is 19.2 Å². The Kier molecular flexibility index (Phi) is 5.21. The van der Waals surface area contributed by atoms with Crippen LogP contribution in [0.5, 0.6) is 11.5 Å². The number of nitrogens with zero attached hydrogens (tertiary/aromatic N) is 2. The van der Waals surface area contributed by atoms with Gasteiger partial charge in [-0.05, 0) is 19.9 Å². The summed E-state index contributed by atoms with van der Waals surface area (Å²) in [6.07, 6.45) is -0.232. The number of H-pyrrole nitrogens is 1. The van der Waals surface area contributed by atoms with Gasteiger partial charge in [-0.15, -0.1) is 0 Å². The van der Waals surface area contributed by atoms with Crippen LogP contribution in [-0.2, 0) is 0 Å². The minimum atomic E-state index is -0.705. The zero-order chi connectivity index (χ0) is 18.7. The molecule has 0 aliphatic heterocycles. The quantitative estimate of drug-likeness (QED) is 0.865. The number of aromatic nitrogens is 1. The third kappa shape index (κ3) is 3.37. The fraction of sp³-hybridized carbons (Fsp3) is 0.235. The van der Waals surface area contributed by atoms with E-state index in [1.807, 2.05) is 12.1 Å². The molecule has 1 aromatic heterocycles. The predicted octanol–water partition coefficient (Wildman–Crippen LogP) is 2.82. The molecule has 0 unspecified atom stereocenters. The van der Waals surface area contributed by atoms with Crippen LogP contribution in [0.15, 0.2) is 16.9 Å². The molecule has 128 valence electrons. The number of ether oxygens (including phenoxy) is 2. The zero-order valence-electron chi connectivity index (χ0n) is 13.8. The Morgan fingerprint density at radius 3 is 2.40 bits per heavy atom. The standard InChI is InChI=1S/C17H15ClN4O3/c1-8(2)25-15-10(4-9(18)5-13(15)24-3)14-11(6-19)16(21)22-17(23)12(14)7-20/h4-5,8H,1-3H3,(H3,21,22,23). The van der Waals surface area contributed by atoms with Crippen molar-refractivity contribution >= 4 is 17.4 Å². The highest BCUT2D eigenvalue weighted by Crippen LogP contribution is 2.43. The third-order valence-corrected chi connectivity index (χ3v) is 3.55. The van der Waals surface area contributed by atoms with Crippen LogP contribution in [0.3, 0.4) is 0 Å². The van der Waals surface area contributed by atoms with E-state index in [-0.39, 0.29) is 44.9 Å². The van der Waals surface area contributed by atoms with Crippen LogP contribution >= 0.6 is 11.6 Å². The maximum Gasteiger partial charge on any atom is 0.268 e. The van der Waals surface area contributed by atoms with Gasteiger partial charge in [0.1, 0.15) is 29.1 Å². The van der Waals surface area contributed by atoms with Crippen LogP contribution < -0.4 is 20.8 Å². The van der Waals surface area contributed by atoms with E-state index in [9.17, 15) is 15.3 Å². The lowest BCUT2D eigenvalue weighted by atomic mass is 9.95. The maximum absolute atomic E-state index is 12.1. The van der Waals surface area contributed by atoms with Gasteiger partial charge >= 0.3 is 0 Å². The first-order valence-corrected chi connectivity index (χ1v) is 7.62. The fourth-order valence-corrected chi connectivity index (χ4v) is 2.58. The highest BCUT2D eigenvalue weighted by atomic mass is 35.5. The van der Waals surface area contributed by atoms with Crippen molar-refractivity contribution in [1.82, 2.24) is 4.98 Å². The minimum absolute atomic E-state index is 0.0472. The lowest BCUT2D eigenvalue weighted by Crippen LogP contribution is -2.17. The molecule has 1 aromatic carbocycles. The number of anilines is 1. The normalized spacial score (nSPS) is 10.2. The van der Waals surface area contributed by atoms with E-state index in [4.69, 9.17) is 26.8 Å². The summed E-state index contributed by atoms with van der Waals surface area (Å²) in [6.45, 7) is 3.61. The topological polar surface area (TPSA) is 125 Å². The molecule has 7 nitrogen and oxygen atoms in total. The van der Waals surface area contributed by atoms with Crippen molar-refractivity contribution < 1.29 is 9.47 Å². The molecule has 0 aliphatic carbocycles. The molecule has 8 heteroatoms. The summed E-state index contributed by atoms with van der Waals surface area (Å²) in [4.78, 5) is 14.4. The third-order valence-electron chi connectivity index (χ3n) is 3.33. The number of hydrogen-bond donors (Lipinski definition) is 2. The summed E-state index contributed by atoms with van der Waals surface area (Å²) in [7, 11) is 1.44. The highest BCUT2D eigenvalue weighted by Gasteiger charge is 2.24. The molecular formula is C17H15ClN4O3. The molecule has 0 aliphatic rings. The minimum Gasteiger partial charge on any atom is -0.493 e. The van der Waals surface area contributed by atoms with Gasteiger partial charge in [-0.2, -0.15) is 10.5 Å². The largest absolute Gasteiger partial charge is 0.493 e. The van der Waals surface area contributed by atoms with Crippen LogP contribution in [0.25, 0.3) is 11.1 Å². The van der Waals surface area contributed by atoms with Gasteiger partial charge in [0.05, 0.1) is 13.2 Å². The Labute approximate surface area is 149 Å². The second-order valence-electron chi connectivity index (χ2n) is 5.37. The Balaban J connectivity index is 3.02. The summed E-state index contributed by atoms with van der Waals surface area (Å²) in [5.74, 6) is 0.429. The van der Waals surface area contributed by atoms with Crippen molar-refractivity contribution in [3.8, 4) is 34.8 Å². The monoisotopic (exact) mass is 358 g/mol. The van der Waals surface area contributed by atoms with Gasteiger partial charge in [0, 0.05) is 22.2 Å². The molecule has 1 heterocycles. The molecule has 0 atom stereocenters. The Morgan fingerprint density at radius 2 is 1.88 bits per heavy atom. The van der Waals surface area contributed by atoms with Gasteiger partial charge in [-0.3, -0.25) is 4.79 Å². The molecule has 25 heavy (non-hydrogen) atoms. The Bertz CT molecular complexity index is 968. The number of benzene rings is 1. The number of hydrogen-bond acceptors (Lipinski definition) is 6. The summed E-state index contributed by atoms with van der Waals surface area (Å²) >= 11 is 6.14. The number of methoxy groups -OCH3 is 1. The smallest absolute Gasteiger partial charge is 0.268 e. The predicted molar refractivity (Wildman–Crippen MR) is 93.7 cm³/mol. The summed E-state index contributed by atoms with van der Waals surface area (Å²) in [6, 6.07) is 6.76. The number of nitriles is 2. The van der Waals surface area contributed by atoms with Crippen LogP contribution in [0, 0.1) is 22.7 Å². The lowest BCUT2D eigenvalue weighted by Gasteiger charge is -2.19. The first kappa shape index (κ1) is 18.2. The fourth-order valence-electron chi connectivity index (χ4n) is 2.38. The molecule has 2 rings (SSSR count). The van der Waals surface area contributed by atoms with E-state index in [0.717, 1.165) is 0 Å². The van der Waals surface area contributed by atoms with E-state index >= 15 is 0 Å². The van der Waals surface area contributed by atoms with Gasteiger partial charge < -0.3 is 20.2 Å². The number of aromatic amines is 1. The van der Waals surface area contributed by atoms with Crippen molar-refractivity contribution in [3.05, 3.63) is 38.6 Å². The van der Waals surface area contributed by atoms with Crippen molar-refractivity contribution in [2.24, 2.45) is 0 Å². The zero-order valence-corrected chi connectivity index (χ0v) is 14.6. The first-order valence-electron chi connectivity index (χ1n) is 7.24. The Morgan fingerprint density at radius 1 is 1.24 bits per heavy atom. The number of pyridine rings is 1. The van der Waals surface area contributed by atoms with Crippen LogP contribution in [0.2, 0.25) is 5.02 Å². The second kappa shape index (κ2) is 7.16. The van der Waals surface area contributed by atoms with Crippen molar-refractivity contribution in [2.45, 2.75) is 20.0 Å². The van der Waals surface area contributed by atoms with Crippen LogP contribution in [0.1, 0.15) is 25.0 Å². The number of rotatable bonds is 4. The number of halogens is 1. The van der Waals surface area contributed by atoms with Crippen molar-refractivity contribution in [2.75, 3.05) is 12.8 Å². The first-order chi connectivity index (χ1) is 11.8. The number of nitrogens with one attached hydrogen (secondary N) is 1. The highest BCUT2D eigenvalue weighted by molar-refractivity contribution is 6.31. The summed E-state index contributed by atoms with van der Waals surface area (Å²) in [5.41, 5.74) is 5.09. The molecule has 0 saturated carbocycles. The molecule has 0 saturated heterocycles. The molecule has 0 amide bonds. The van der Waals surface area contributed by atoms with Gasteiger partial charge in [0.25, 0.3) is 5.56 Å². The molecular weight excluding hydrogens is 344 g/mol. The van der Waals surface area contributed by atoms with E-state index < -0.39 is 5.56 Å². The van der Waals surface area contributed by atoms with Gasteiger partial charge in [0.15, 0.2) is 11.5 Å². The lowest BCUT2D eigenvalue weighted by molar-refractivity contribution is 0.231. The molecule has 0 spiro atoms. The Hall–Kier alpha value is -3.16. The molecule has 3 N–H and O–H groups in total. The van der Waals surface area contributed by atoms with E-state index in [2.05, 4.69) is 4.98 Å². The van der Waals surface area contributed by atoms with Crippen LogP contribution in [0.4, 0.5) is 5.82 Å². The van der Waals surface area contributed by atoms with E-state index in [1.54, 1.807) is 13.8 Å². The van der Waals surface area contributed by atoms with E-state index in [0.29, 0.717) is 5.75 Å². The summed E-state index contributed by atoms with van der Waals surface area (Å²) < 4.78 is 11.1. The number of nitrogens with two attached hydrogens (primary N) is 1. The van der Waals surface area contributed by atoms with Gasteiger partial charge in [-0.25, -0.2) is 0 Å². The SMILES string of the molecule is COc1cc(Cl)cc(-c2c(C#N)c(N)[nH]c(=O)c2C#N)c1OC(C)C. The molecule has 0 radical (unpaired) electrons. The summed E-state index contributed by atoms with van der Waals surface area (Å²) in [5, 5.41) is 19.2. The second-order valence-corrected chi connectivity index (χ2v) is 5.80. The maximum atomic E-state index is 12.1. The van der Waals surface area contributed by atoms with Crippen molar-refractivity contribution in [3.63, 3.8) is 0 Å². The molecule has 0 bridgehead atoms. The van der Waals surface area contributed by atoms with Gasteiger partial charge in [0.2, 0.25) is 0 Å². The van der Waals surface area contributed by atoms with Gasteiger partial charge in [-0.1, -0.05) is 11.6 Å². The average Bonchev–Trinajstić information content (AvgIpc) is 2.55.